The van der Waals surface area contributed by atoms with Gasteiger partial charge < -0.3 is 4.74 Å². The monoisotopic (exact) mass is 230 g/mol. The van der Waals surface area contributed by atoms with Gasteiger partial charge in [0.25, 0.3) is 0 Å². The van der Waals surface area contributed by atoms with Crippen LogP contribution in [0.15, 0.2) is 18.6 Å². The highest BCUT2D eigenvalue weighted by molar-refractivity contribution is 5.63. The van der Waals surface area contributed by atoms with Crippen LogP contribution in [0, 0.1) is 0 Å². The zero-order valence-corrected chi connectivity index (χ0v) is 9.76. The molecular formula is C12H14N4O. The van der Waals surface area contributed by atoms with Gasteiger partial charge in [0.2, 0.25) is 0 Å². The molecule has 3 heterocycles. The average molecular weight is 230 g/mol. The molecular weight excluding hydrogens is 216 g/mol. The average Bonchev–Trinajstić information content (AvgIpc) is 2.83. The van der Waals surface area contributed by atoms with Gasteiger partial charge in [-0.25, -0.2) is 9.97 Å². The normalized spacial score (nSPS) is 14.4. The standard InChI is InChI=1S/C12H14N4O/c1-17-12-13-6-9(7-14-12)10-8-15-16-5-3-2-4-11(10)16/h6-8H,2-5H2,1H3. The second kappa shape index (κ2) is 4.16. The quantitative estimate of drug-likeness (QED) is 0.787. The molecule has 0 aromatic carbocycles. The molecule has 0 amide bonds. The summed E-state index contributed by atoms with van der Waals surface area (Å²) in [5, 5.41) is 4.41. The largest absolute Gasteiger partial charge is 0.467 e. The highest BCUT2D eigenvalue weighted by Crippen LogP contribution is 2.27. The van der Waals surface area contributed by atoms with E-state index in [-0.39, 0.29) is 0 Å². The first-order valence-electron chi connectivity index (χ1n) is 5.79. The van der Waals surface area contributed by atoms with Crippen molar-refractivity contribution in [2.24, 2.45) is 0 Å². The molecule has 88 valence electrons. The van der Waals surface area contributed by atoms with Gasteiger partial charge in [0.05, 0.1) is 13.3 Å². The molecule has 0 bridgehead atoms. The number of aryl methyl sites for hydroxylation is 1. The molecule has 17 heavy (non-hydrogen) atoms. The molecule has 2 aromatic heterocycles. The number of methoxy groups -OCH3 is 1. The molecule has 0 fully saturated rings. The Balaban J connectivity index is 2.00. The lowest BCUT2D eigenvalue weighted by Gasteiger charge is -2.14. The molecule has 0 saturated carbocycles. The van der Waals surface area contributed by atoms with E-state index in [0.717, 1.165) is 24.1 Å². The van der Waals surface area contributed by atoms with E-state index >= 15 is 0 Å². The summed E-state index contributed by atoms with van der Waals surface area (Å²) in [5.41, 5.74) is 3.45. The van der Waals surface area contributed by atoms with E-state index in [1.807, 2.05) is 6.20 Å². The van der Waals surface area contributed by atoms with Crippen LogP contribution in [0.5, 0.6) is 6.01 Å². The molecule has 0 saturated heterocycles. The maximum Gasteiger partial charge on any atom is 0.316 e. The van der Waals surface area contributed by atoms with E-state index < -0.39 is 0 Å². The van der Waals surface area contributed by atoms with Crippen molar-refractivity contribution in [2.45, 2.75) is 25.8 Å². The van der Waals surface area contributed by atoms with E-state index in [1.165, 1.54) is 18.5 Å². The molecule has 0 radical (unpaired) electrons. The van der Waals surface area contributed by atoms with Crippen LogP contribution in [0.4, 0.5) is 0 Å². The van der Waals surface area contributed by atoms with Crippen LogP contribution < -0.4 is 4.74 Å². The Bertz CT molecular complexity index is 518. The van der Waals surface area contributed by atoms with Crippen molar-refractivity contribution < 1.29 is 4.74 Å². The summed E-state index contributed by atoms with van der Waals surface area (Å²) in [6.45, 7) is 1.02. The van der Waals surface area contributed by atoms with E-state index in [2.05, 4.69) is 19.7 Å². The van der Waals surface area contributed by atoms with Crippen LogP contribution in [-0.2, 0) is 13.0 Å². The lowest BCUT2D eigenvalue weighted by atomic mass is 10.0. The van der Waals surface area contributed by atoms with Crippen molar-refractivity contribution in [3.8, 4) is 17.1 Å². The Morgan fingerprint density at radius 1 is 1.18 bits per heavy atom. The topological polar surface area (TPSA) is 52.8 Å². The van der Waals surface area contributed by atoms with Crippen molar-refractivity contribution in [1.29, 1.82) is 0 Å². The number of hydrogen-bond acceptors (Lipinski definition) is 4. The number of ether oxygens (including phenoxy) is 1. The molecule has 0 N–H and O–H groups in total. The maximum atomic E-state index is 4.96. The molecule has 0 aliphatic carbocycles. The van der Waals surface area contributed by atoms with E-state index in [9.17, 15) is 0 Å². The molecule has 1 aliphatic rings. The Morgan fingerprint density at radius 3 is 2.76 bits per heavy atom. The summed E-state index contributed by atoms with van der Waals surface area (Å²) in [7, 11) is 1.57. The van der Waals surface area contributed by atoms with Gasteiger partial charge in [-0.2, -0.15) is 5.10 Å². The Hall–Kier alpha value is -1.91. The van der Waals surface area contributed by atoms with E-state index in [0.29, 0.717) is 6.01 Å². The minimum absolute atomic E-state index is 0.398. The molecule has 0 atom stereocenters. The lowest BCUT2D eigenvalue weighted by molar-refractivity contribution is 0.380. The van der Waals surface area contributed by atoms with Gasteiger partial charge in [0.15, 0.2) is 0 Å². The minimum atomic E-state index is 0.398. The van der Waals surface area contributed by atoms with Crippen LogP contribution in [0.1, 0.15) is 18.5 Å². The molecule has 0 spiro atoms. The molecule has 2 aromatic rings. The number of hydrogen-bond donors (Lipinski definition) is 0. The smallest absolute Gasteiger partial charge is 0.316 e. The summed E-state index contributed by atoms with van der Waals surface area (Å²) in [6, 6.07) is 0.398. The fraction of sp³-hybridized carbons (Fsp3) is 0.417. The van der Waals surface area contributed by atoms with Gasteiger partial charge in [-0.15, -0.1) is 0 Å². The number of fused-ring (bicyclic) bond motifs is 1. The summed E-state index contributed by atoms with van der Waals surface area (Å²) in [4.78, 5) is 8.26. The fourth-order valence-corrected chi connectivity index (χ4v) is 2.22. The third-order valence-corrected chi connectivity index (χ3v) is 3.10. The Kier molecular flexibility index (Phi) is 2.51. The van der Waals surface area contributed by atoms with Gasteiger partial charge in [0.1, 0.15) is 0 Å². The molecule has 0 unspecified atom stereocenters. The van der Waals surface area contributed by atoms with Crippen LogP contribution in [0.25, 0.3) is 11.1 Å². The van der Waals surface area contributed by atoms with Gasteiger partial charge in [-0.3, -0.25) is 4.68 Å². The van der Waals surface area contributed by atoms with Crippen molar-refractivity contribution >= 4 is 0 Å². The highest BCUT2D eigenvalue weighted by Gasteiger charge is 2.16. The second-order valence-electron chi connectivity index (χ2n) is 4.14. The zero-order valence-electron chi connectivity index (χ0n) is 9.76. The first kappa shape index (κ1) is 10.3. The third-order valence-electron chi connectivity index (χ3n) is 3.10. The molecule has 3 rings (SSSR count). The van der Waals surface area contributed by atoms with E-state index in [1.54, 1.807) is 19.5 Å². The first-order valence-corrected chi connectivity index (χ1v) is 5.79. The maximum absolute atomic E-state index is 4.96. The van der Waals surface area contributed by atoms with Crippen LogP contribution in [0.3, 0.4) is 0 Å². The van der Waals surface area contributed by atoms with Crippen LogP contribution in [-0.4, -0.2) is 26.9 Å². The van der Waals surface area contributed by atoms with Gasteiger partial charge in [-0.05, 0) is 19.3 Å². The minimum Gasteiger partial charge on any atom is -0.467 e. The summed E-state index contributed by atoms with van der Waals surface area (Å²) in [5.74, 6) is 0. The number of rotatable bonds is 2. The molecule has 1 aliphatic heterocycles. The fourth-order valence-electron chi connectivity index (χ4n) is 2.22. The Morgan fingerprint density at radius 2 is 2.00 bits per heavy atom. The Labute approximate surface area is 99.5 Å². The predicted octanol–water partition coefficient (Wildman–Crippen LogP) is 1.68. The van der Waals surface area contributed by atoms with Crippen molar-refractivity contribution in [2.75, 3.05) is 7.11 Å². The van der Waals surface area contributed by atoms with Crippen molar-refractivity contribution in [3.05, 3.63) is 24.3 Å². The van der Waals surface area contributed by atoms with Crippen molar-refractivity contribution in [3.63, 3.8) is 0 Å². The van der Waals surface area contributed by atoms with Crippen LogP contribution in [0.2, 0.25) is 0 Å². The van der Waals surface area contributed by atoms with Gasteiger partial charge >= 0.3 is 6.01 Å². The van der Waals surface area contributed by atoms with E-state index in [4.69, 9.17) is 4.74 Å². The number of nitrogens with zero attached hydrogens (tertiary/aromatic N) is 4. The summed E-state index contributed by atoms with van der Waals surface area (Å²) >= 11 is 0. The summed E-state index contributed by atoms with van der Waals surface area (Å²) in [6.07, 6.45) is 9.02. The summed E-state index contributed by atoms with van der Waals surface area (Å²) < 4.78 is 7.04. The number of aromatic nitrogens is 4. The molecule has 5 nitrogen and oxygen atoms in total. The predicted molar refractivity (Wildman–Crippen MR) is 62.7 cm³/mol. The third kappa shape index (κ3) is 1.77. The zero-order chi connectivity index (χ0) is 11.7. The van der Waals surface area contributed by atoms with Gasteiger partial charge in [-0.1, -0.05) is 0 Å². The second-order valence-corrected chi connectivity index (χ2v) is 4.14. The molecule has 5 heteroatoms. The van der Waals surface area contributed by atoms with Crippen molar-refractivity contribution in [1.82, 2.24) is 19.7 Å². The lowest BCUT2D eigenvalue weighted by Crippen LogP contribution is -2.11. The first-order chi connectivity index (χ1) is 8.38. The van der Waals surface area contributed by atoms with Gasteiger partial charge in [0, 0.05) is 35.8 Å². The van der Waals surface area contributed by atoms with Crippen LogP contribution >= 0.6 is 0 Å². The highest BCUT2D eigenvalue weighted by atomic mass is 16.5. The SMILES string of the molecule is COc1ncc(-c2cnn3c2CCCC3)cn1.